The Labute approximate surface area is 150 Å². The highest BCUT2D eigenvalue weighted by atomic mass is 19.4. The number of alkyl halides is 12. The summed E-state index contributed by atoms with van der Waals surface area (Å²) in [6.07, 6.45) is -23.8. The number of rotatable bonds is 4. The average molecular weight is 448 g/mol. The fourth-order valence-corrected chi connectivity index (χ4v) is 1.17. The zero-order valence-corrected chi connectivity index (χ0v) is 14.4. The SMILES string of the molecule is CCC(=O)OCC(O)(C(F)(F)F)C(F)(F)F.CCC(C)(C(F)(F)F)C(F)(F)F. The first-order valence-corrected chi connectivity index (χ1v) is 7.16. The molecule has 0 aromatic heterocycles. The maximum absolute atomic E-state index is 12.0. The van der Waals surface area contributed by atoms with Gasteiger partial charge in [-0.2, -0.15) is 52.7 Å². The van der Waals surface area contributed by atoms with E-state index in [2.05, 4.69) is 4.74 Å². The summed E-state index contributed by atoms with van der Waals surface area (Å²) < 4.78 is 147. The number of esters is 1. The number of carbonyl (C=O) groups is 1. The first-order valence-electron chi connectivity index (χ1n) is 7.16. The molecule has 0 amide bonds. The minimum atomic E-state index is -5.97. The second-order valence-corrected chi connectivity index (χ2v) is 5.55. The molecule has 15 heteroatoms. The lowest BCUT2D eigenvalue weighted by Crippen LogP contribution is -2.60. The Bertz CT molecular complexity index is 473. The Morgan fingerprint density at radius 2 is 1.07 bits per heavy atom. The van der Waals surface area contributed by atoms with Gasteiger partial charge in [-0.15, -0.1) is 0 Å². The summed E-state index contributed by atoms with van der Waals surface area (Å²) in [4.78, 5) is 10.4. The van der Waals surface area contributed by atoms with Gasteiger partial charge in [0.05, 0.1) is 0 Å². The molecule has 0 radical (unpaired) electrons. The first kappa shape index (κ1) is 28.8. The summed E-state index contributed by atoms with van der Waals surface area (Å²) in [7, 11) is 0. The summed E-state index contributed by atoms with van der Waals surface area (Å²) >= 11 is 0. The van der Waals surface area contributed by atoms with Crippen LogP contribution in [0.3, 0.4) is 0 Å². The van der Waals surface area contributed by atoms with E-state index in [0.29, 0.717) is 0 Å². The second-order valence-electron chi connectivity index (χ2n) is 5.55. The molecule has 3 nitrogen and oxygen atoms in total. The molecule has 0 saturated heterocycles. The quantitative estimate of drug-likeness (QED) is 0.468. The van der Waals surface area contributed by atoms with Gasteiger partial charge >= 0.3 is 30.7 Å². The van der Waals surface area contributed by atoms with Crippen molar-refractivity contribution in [3.63, 3.8) is 0 Å². The Balaban J connectivity index is 0. The van der Waals surface area contributed by atoms with Gasteiger partial charge < -0.3 is 9.84 Å². The van der Waals surface area contributed by atoms with Gasteiger partial charge in [-0.3, -0.25) is 4.79 Å². The van der Waals surface area contributed by atoms with Crippen LogP contribution in [0.1, 0.15) is 33.6 Å². The number of aliphatic hydroxyl groups is 1. The van der Waals surface area contributed by atoms with E-state index in [9.17, 15) is 57.5 Å². The van der Waals surface area contributed by atoms with Crippen LogP contribution in [0.4, 0.5) is 52.7 Å². The van der Waals surface area contributed by atoms with Crippen molar-refractivity contribution in [1.29, 1.82) is 0 Å². The minimum absolute atomic E-state index is 0.160. The summed E-state index contributed by atoms with van der Waals surface area (Å²) in [6, 6.07) is 0. The van der Waals surface area contributed by atoms with Crippen LogP contribution >= 0.6 is 0 Å². The normalized spacial score (nSPS) is 14.3. The lowest BCUT2D eigenvalue weighted by Gasteiger charge is -2.32. The fraction of sp³-hybridized carbons (Fsp3) is 0.923. The molecule has 28 heavy (non-hydrogen) atoms. The molecule has 0 unspecified atom stereocenters. The standard InChI is InChI=1S/C7H8F6O3.C6H8F6/c1-2-4(14)16-3-5(15,6(8,9)10)7(11,12)13;1-3-4(2,5(7,8)9)6(10,11)12/h15H,2-3H2,1H3;3H2,1-2H3. The smallest absolute Gasteiger partial charge is 0.429 e. The highest BCUT2D eigenvalue weighted by Crippen LogP contribution is 2.52. The van der Waals surface area contributed by atoms with Gasteiger partial charge in [0, 0.05) is 6.42 Å². The third-order valence-corrected chi connectivity index (χ3v) is 3.63. The van der Waals surface area contributed by atoms with Crippen molar-refractivity contribution in [2.45, 2.75) is 63.9 Å². The lowest BCUT2D eigenvalue weighted by molar-refractivity contribution is -0.375. The van der Waals surface area contributed by atoms with Crippen LogP contribution in [-0.4, -0.2) is 48.0 Å². The molecule has 0 aliphatic carbocycles. The maximum Gasteiger partial charge on any atom is 0.429 e. The van der Waals surface area contributed by atoms with Gasteiger partial charge in [0.25, 0.3) is 5.60 Å². The van der Waals surface area contributed by atoms with E-state index in [0.717, 1.165) is 6.92 Å². The molecule has 170 valence electrons. The number of carbonyl (C=O) groups excluding carboxylic acids is 1. The fourth-order valence-electron chi connectivity index (χ4n) is 1.17. The molecular weight excluding hydrogens is 432 g/mol. The molecule has 0 rings (SSSR count). The van der Waals surface area contributed by atoms with E-state index in [4.69, 9.17) is 5.11 Å². The number of halogens is 12. The van der Waals surface area contributed by atoms with Crippen molar-refractivity contribution in [2.24, 2.45) is 5.41 Å². The summed E-state index contributed by atoms with van der Waals surface area (Å²) in [5.41, 5.74) is -8.62. The summed E-state index contributed by atoms with van der Waals surface area (Å²) in [6.45, 7) is 0.00319. The van der Waals surface area contributed by atoms with Crippen molar-refractivity contribution in [3.8, 4) is 0 Å². The molecule has 0 aromatic carbocycles. The molecule has 0 fully saturated rings. The Kier molecular flexibility index (Phi) is 9.20. The van der Waals surface area contributed by atoms with E-state index in [1.807, 2.05) is 0 Å². The van der Waals surface area contributed by atoms with Crippen LogP contribution in [0.15, 0.2) is 0 Å². The van der Waals surface area contributed by atoms with Gasteiger partial charge in [0.1, 0.15) is 6.61 Å². The molecule has 0 aromatic rings. The number of hydrogen-bond acceptors (Lipinski definition) is 3. The molecule has 0 heterocycles. The molecule has 0 bridgehead atoms. The van der Waals surface area contributed by atoms with Crippen molar-refractivity contribution < 1.29 is 67.3 Å². The Morgan fingerprint density at radius 1 is 0.750 bits per heavy atom. The van der Waals surface area contributed by atoms with Crippen LogP contribution in [0.2, 0.25) is 0 Å². The third-order valence-electron chi connectivity index (χ3n) is 3.63. The lowest BCUT2D eigenvalue weighted by atomic mass is 9.86. The zero-order chi connectivity index (χ0) is 23.4. The van der Waals surface area contributed by atoms with Gasteiger partial charge in [0.2, 0.25) is 0 Å². The monoisotopic (exact) mass is 448 g/mol. The van der Waals surface area contributed by atoms with Gasteiger partial charge in [-0.25, -0.2) is 0 Å². The molecule has 0 aliphatic rings. The highest BCUT2D eigenvalue weighted by Gasteiger charge is 2.71. The van der Waals surface area contributed by atoms with E-state index >= 15 is 0 Å². The summed E-state index contributed by atoms with van der Waals surface area (Å²) in [5, 5.41) is 8.50. The van der Waals surface area contributed by atoms with E-state index in [-0.39, 0.29) is 6.92 Å². The van der Waals surface area contributed by atoms with Gasteiger partial charge in [-0.1, -0.05) is 13.8 Å². The predicted molar refractivity (Wildman–Crippen MR) is 68.8 cm³/mol. The van der Waals surface area contributed by atoms with Crippen LogP contribution in [0.5, 0.6) is 0 Å². The van der Waals surface area contributed by atoms with Crippen molar-refractivity contribution >= 4 is 5.97 Å². The van der Waals surface area contributed by atoms with Crippen LogP contribution < -0.4 is 0 Å². The molecule has 0 atom stereocenters. The van der Waals surface area contributed by atoms with Crippen LogP contribution in [0.25, 0.3) is 0 Å². The Morgan fingerprint density at radius 3 is 1.21 bits per heavy atom. The topological polar surface area (TPSA) is 46.5 Å². The first-order chi connectivity index (χ1) is 12.0. The molecule has 1 N–H and O–H groups in total. The van der Waals surface area contributed by atoms with Crippen LogP contribution in [0, 0.1) is 5.41 Å². The maximum atomic E-state index is 12.0. The second kappa shape index (κ2) is 8.95. The largest absolute Gasteiger partial charge is 0.462 e. The predicted octanol–water partition coefficient (Wildman–Crippen LogP) is 5.32. The van der Waals surface area contributed by atoms with Crippen molar-refractivity contribution in [2.75, 3.05) is 6.61 Å². The number of hydrogen-bond donors (Lipinski definition) is 1. The minimum Gasteiger partial charge on any atom is -0.462 e. The molecule has 0 aliphatic heterocycles. The van der Waals surface area contributed by atoms with E-state index in [1.165, 1.54) is 6.92 Å². The van der Waals surface area contributed by atoms with Gasteiger partial charge in [0.15, 0.2) is 5.41 Å². The van der Waals surface area contributed by atoms with Crippen molar-refractivity contribution in [3.05, 3.63) is 0 Å². The van der Waals surface area contributed by atoms with E-state index in [1.54, 1.807) is 0 Å². The van der Waals surface area contributed by atoms with Crippen LogP contribution in [-0.2, 0) is 9.53 Å². The number of ether oxygens (including phenoxy) is 1. The molecule has 0 saturated carbocycles. The highest BCUT2D eigenvalue weighted by molar-refractivity contribution is 5.68. The third kappa shape index (κ3) is 6.58. The zero-order valence-electron chi connectivity index (χ0n) is 14.4. The van der Waals surface area contributed by atoms with E-state index < -0.39 is 61.1 Å². The average Bonchev–Trinajstić information content (AvgIpc) is 2.47. The molecule has 0 spiro atoms. The van der Waals surface area contributed by atoms with Crippen molar-refractivity contribution in [1.82, 2.24) is 0 Å². The van der Waals surface area contributed by atoms with Gasteiger partial charge in [-0.05, 0) is 13.3 Å². The molecular formula is C13H16F12O3. The Hall–Kier alpha value is -1.41. The summed E-state index contributed by atoms with van der Waals surface area (Å²) in [5.74, 6) is -1.27.